The average Bonchev–Trinajstić information content (AvgIpc) is 2.71. The molecule has 3 aromatic carbocycles. The summed E-state index contributed by atoms with van der Waals surface area (Å²) in [6.07, 6.45) is 0. The second kappa shape index (κ2) is 10.2. The van der Waals surface area contributed by atoms with Crippen molar-refractivity contribution in [2.75, 3.05) is 12.4 Å². The Hall–Kier alpha value is -2.18. The van der Waals surface area contributed by atoms with Crippen LogP contribution >= 0.6 is 23.2 Å². The van der Waals surface area contributed by atoms with E-state index in [2.05, 4.69) is 0 Å². The van der Waals surface area contributed by atoms with E-state index in [1.165, 1.54) is 0 Å². The highest BCUT2D eigenvalue weighted by Crippen LogP contribution is 2.32. The third-order valence-electron chi connectivity index (χ3n) is 4.44. The third-order valence-corrected chi connectivity index (χ3v) is 6.93. The maximum Gasteiger partial charge on any atom is 0.173 e. The summed E-state index contributed by atoms with van der Waals surface area (Å²) in [5.41, 5.74) is 1.97. The molecule has 3 rings (SSSR count). The van der Waals surface area contributed by atoms with Gasteiger partial charge in [-0.1, -0.05) is 77.8 Å². The number of sulfone groups is 1. The first-order valence-electron chi connectivity index (χ1n) is 9.21. The minimum absolute atomic E-state index is 0.241. The van der Waals surface area contributed by atoms with Crippen LogP contribution in [0.5, 0.6) is 0 Å². The zero-order chi connectivity index (χ0) is 21.6. The zero-order valence-electron chi connectivity index (χ0n) is 16.0. The number of rotatable bonds is 9. The maximum absolute atomic E-state index is 13.2. The molecule has 7 heteroatoms. The zero-order valence-corrected chi connectivity index (χ0v) is 18.3. The first kappa shape index (κ1) is 22.5. The molecular formula is C23H20Cl2O4S. The molecule has 0 aliphatic rings. The fourth-order valence-corrected chi connectivity index (χ4v) is 5.18. The van der Waals surface area contributed by atoms with Crippen molar-refractivity contribution in [3.8, 4) is 0 Å². The summed E-state index contributed by atoms with van der Waals surface area (Å²) in [5, 5.41) is -0.0158. The monoisotopic (exact) mass is 462 g/mol. The van der Waals surface area contributed by atoms with Gasteiger partial charge in [0.05, 0.1) is 6.61 Å². The Balaban J connectivity index is 1.76. The van der Waals surface area contributed by atoms with E-state index in [1.807, 2.05) is 30.3 Å². The minimum atomic E-state index is -3.86. The van der Waals surface area contributed by atoms with Crippen molar-refractivity contribution >= 4 is 38.8 Å². The molecule has 0 saturated heterocycles. The Bertz CT molecular complexity index is 1030. The molecule has 3 aromatic rings. The lowest BCUT2D eigenvalue weighted by Gasteiger charge is -2.19. The SMILES string of the molecule is O=C(COCc1ccccc1)CS(=O)(=O)C(c1ccc(Cl)cc1)c1ccc(Cl)cc1. The number of ether oxygens (including phenoxy) is 1. The Labute approximate surface area is 186 Å². The van der Waals surface area contributed by atoms with Gasteiger partial charge in [-0.05, 0) is 41.0 Å². The van der Waals surface area contributed by atoms with Crippen LogP contribution < -0.4 is 0 Å². The van der Waals surface area contributed by atoms with Crippen LogP contribution in [-0.2, 0) is 26.0 Å². The number of ketones is 1. The van der Waals surface area contributed by atoms with Gasteiger partial charge in [-0.3, -0.25) is 4.79 Å². The fourth-order valence-electron chi connectivity index (χ4n) is 3.09. The van der Waals surface area contributed by atoms with E-state index < -0.39 is 26.6 Å². The molecule has 156 valence electrons. The van der Waals surface area contributed by atoms with Crippen LogP contribution in [0.4, 0.5) is 0 Å². The summed E-state index contributed by atoms with van der Waals surface area (Å²) in [5.74, 6) is -1.13. The molecule has 0 N–H and O–H groups in total. The van der Waals surface area contributed by atoms with E-state index in [0.717, 1.165) is 5.56 Å². The van der Waals surface area contributed by atoms with Gasteiger partial charge < -0.3 is 4.74 Å². The number of carbonyl (C=O) groups excluding carboxylic acids is 1. The number of hydrogen-bond donors (Lipinski definition) is 0. The lowest BCUT2D eigenvalue weighted by atomic mass is 10.0. The molecule has 0 radical (unpaired) electrons. The molecule has 0 bridgehead atoms. The van der Waals surface area contributed by atoms with Gasteiger partial charge in [0.2, 0.25) is 0 Å². The van der Waals surface area contributed by atoms with E-state index in [1.54, 1.807) is 48.5 Å². The van der Waals surface area contributed by atoms with Crippen LogP contribution in [0, 0.1) is 0 Å². The molecule has 0 aromatic heterocycles. The van der Waals surface area contributed by atoms with Crippen LogP contribution in [0.3, 0.4) is 0 Å². The van der Waals surface area contributed by atoms with Gasteiger partial charge in [-0.25, -0.2) is 8.42 Å². The smallest absolute Gasteiger partial charge is 0.173 e. The van der Waals surface area contributed by atoms with Crippen molar-refractivity contribution in [3.05, 3.63) is 106 Å². The lowest BCUT2D eigenvalue weighted by molar-refractivity contribution is -0.121. The Kier molecular flexibility index (Phi) is 7.67. The molecule has 0 amide bonds. The quantitative estimate of drug-likeness (QED) is 0.433. The van der Waals surface area contributed by atoms with Gasteiger partial charge in [0.25, 0.3) is 0 Å². The second-order valence-corrected chi connectivity index (χ2v) is 9.77. The maximum atomic E-state index is 13.2. The Morgan fingerprint density at radius 1 is 0.800 bits per heavy atom. The largest absolute Gasteiger partial charge is 0.369 e. The molecule has 0 unspecified atom stereocenters. The molecule has 0 aliphatic carbocycles. The van der Waals surface area contributed by atoms with Crippen molar-refractivity contribution in [2.24, 2.45) is 0 Å². The molecule has 0 fully saturated rings. The standard InChI is InChI=1S/C23H20Cl2O4S/c24-20-10-6-18(7-11-20)23(19-8-12-21(25)13-9-19)30(27,28)16-22(26)15-29-14-17-4-2-1-3-5-17/h1-13,23H,14-16H2. The van der Waals surface area contributed by atoms with Crippen molar-refractivity contribution < 1.29 is 17.9 Å². The van der Waals surface area contributed by atoms with E-state index in [9.17, 15) is 13.2 Å². The van der Waals surface area contributed by atoms with Crippen molar-refractivity contribution in [2.45, 2.75) is 11.9 Å². The molecular weight excluding hydrogens is 443 g/mol. The molecule has 0 aliphatic heterocycles. The molecule has 0 atom stereocenters. The van der Waals surface area contributed by atoms with Crippen LogP contribution in [0.2, 0.25) is 10.0 Å². The van der Waals surface area contributed by atoms with Crippen LogP contribution in [0.25, 0.3) is 0 Å². The van der Waals surface area contributed by atoms with Gasteiger partial charge in [-0.2, -0.15) is 0 Å². The minimum Gasteiger partial charge on any atom is -0.369 e. The first-order chi connectivity index (χ1) is 14.3. The Morgan fingerprint density at radius 2 is 1.30 bits per heavy atom. The highest BCUT2D eigenvalue weighted by molar-refractivity contribution is 7.92. The van der Waals surface area contributed by atoms with Crippen LogP contribution in [-0.4, -0.2) is 26.6 Å². The number of carbonyl (C=O) groups is 1. The predicted molar refractivity (Wildman–Crippen MR) is 120 cm³/mol. The number of halogens is 2. The molecule has 0 heterocycles. The van der Waals surface area contributed by atoms with E-state index in [0.29, 0.717) is 21.2 Å². The molecule has 30 heavy (non-hydrogen) atoms. The van der Waals surface area contributed by atoms with E-state index in [-0.39, 0.29) is 13.2 Å². The topological polar surface area (TPSA) is 60.4 Å². The lowest BCUT2D eigenvalue weighted by Crippen LogP contribution is -2.26. The van der Waals surface area contributed by atoms with Crippen molar-refractivity contribution in [1.29, 1.82) is 0 Å². The molecule has 0 spiro atoms. The van der Waals surface area contributed by atoms with Gasteiger partial charge in [0, 0.05) is 10.0 Å². The summed E-state index contributed by atoms with van der Waals surface area (Å²) in [4.78, 5) is 12.4. The highest BCUT2D eigenvalue weighted by atomic mass is 35.5. The molecule has 0 saturated carbocycles. The van der Waals surface area contributed by atoms with Gasteiger partial charge in [0.1, 0.15) is 17.6 Å². The number of hydrogen-bond acceptors (Lipinski definition) is 4. The van der Waals surface area contributed by atoms with Gasteiger partial charge in [-0.15, -0.1) is 0 Å². The Morgan fingerprint density at radius 3 is 1.80 bits per heavy atom. The number of benzene rings is 3. The summed E-state index contributed by atoms with van der Waals surface area (Å²) in [7, 11) is -3.86. The molecule has 4 nitrogen and oxygen atoms in total. The van der Waals surface area contributed by atoms with Gasteiger partial charge in [0.15, 0.2) is 15.6 Å². The van der Waals surface area contributed by atoms with Gasteiger partial charge >= 0.3 is 0 Å². The highest BCUT2D eigenvalue weighted by Gasteiger charge is 2.31. The second-order valence-electron chi connectivity index (χ2n) is 6.81. The third kappa shape index (κ3) is 6.16. The van der Waals surface area contributed by atoms with Crippen molar-refractivity contribution in [1.82, 2.24) is 0 Å². The van der Waals surface area contributed by atoms with E-state index in [4.69, 9.17) is 27.9 Å². The normalized spacial score (nSPS) is 11.6. The first-order valence-corrected chi connectivity index (χ1v) is 11.7. The average molecular weight is 463 g/mol. The summed E-state index contributed by atoms with van der Waals surface area (Å²) < 4.78 is 31.8. The fraction of sp³-hybridized carbons (Fsp3) is 0.174. The summed E-state index contributed by atoms with van der Waals surface area (Å²) >= 11 is 11.9. The summed E-state index contributed by atoms with van der Waals surface area (Å²) in [6, 6.07) is 22.5. The summed E-state index contributed by atoms with van der Waals surface area (Å²) in [6.45, 7) is -0.0352. The van der Waals surface area contributed by atoms with E-state index >= 15 is 0 Å². The van der Waals surface area contributed by atoms with Crippen LogP contribution in [0.15, 0.2) is 78.9 Å². The van der Waals surface area contributed by atoms with Crippen LogP contribution in [0.1, 0.15) is 21.9 Å². The number of Topliss-reactive ketones (excluding diaryl/α,β-unsaturated/α-hetero) is 1. The predicted octanol–water partition coefficient (Wildman–Crippen LogP) is 5.28. The van der Waals surface area contributed by atoms with Crippen molar-refractivity contribution in [3.63, 3.8) is 0 Å².